The Balaban J connectivity index is 4.12. The molecule has 0 saturated heterocycles. The molecule has 3 N–H and O–H groups in total. The van der Waals surface area contributed by atoms with Crippen molar-refractivity contribution < 1.29 is 4.74 Å². The average molecular weight is 172 g/mol. The minimum Gasteiger partial charge on any atom is -0.379 e. The van der Waals surface area contributed by atoms with Gasteiger partial charge in [0.2, 0.25) is 0 Å². The van der Waals surface area contributed by atoms with Crippen LogP contribution in [0.5, 0.6) is 0 Å². The van der Waals surface area contributed by atoms with Gasteiger partial charge in [-0.05, 0) is 13.3 Å². The summed E-state index contributed by atoms with van der Waals surface area (Å²) in [6, 6.07) is 0.0648. The van der Waals surface area contributed by atoms with Crippen molar-refractivity contribution in [1.29, 1.82) is 0 Å². The van der Waals surface area contributed by atoms with Crippen LogP contribution in [-0.2, 0) is 4.74 Å². The maximum atomic E-state index is 5.39. The lowest BCUT2D eigenvalue weighted by Crippen LogP contribution is -2.45. The molecule has 0 bridgehead atoms. The second-order valence-electron chi connectivity index (χ2n) is 3.05. The molecule has 0 saturated carbocycles. The van der Waals surface area contributed by atoms with E-state index in [1.165, 1.54) is 0 Å². The SMILES string of the molecule is C=C(C)C(NN)C(CCC)OC. The van der Waals surface area contributed by atoms with Gasteiger partial charge in [0.05, 0.1) is 12.1 Å². The molecule has 0 rings (SSSR count). The molecule has 72 valence electrons. The third-order valence-corrected chi connectivity index (χ3v) is 1.96. The van der Waals surface area contributed by atoms with Crippen LogP contribution in [0.2, 0.25) is 0 Å². The van der Waals surface area contributed by atoms with E-state index in [0.717, 1.165) is 18.4 Å². The molecule has 0 aliphatic heterocycles. The van der Waals surface area contributed by atoms with Gasteiger partial charge in [-0.15, -0.1) is 0 Å². The fraction of sp³-hybridized carbons (Fsp3) is 0.778. The summed E-state index contributed by atoms with van der Waals surface area (Å²) < 4.78 is 5.30. The Kier molecular flexibility index (Phi) is 5.98. The van der Waals surface area contributed by atoms with E-state index in [9.17, 15) is 0 Å². The van der Waals surface area contributed by atoms with Gasteiger partial charge in [-0.3, -0.25) is 11.3 Å². The molecule has 0 amide bonds. The molecule has 0 aromatic carbocycles. The Hall–Kier alpha value is -0.380. The summed E-state index contributed by atoms with van der Waals surface area (Å²) >= 11 is 0. The number of rotatable bonds is 6. The van der Waals surface area contributed by atoms with Crippen molar-refractivity contribution in [3.63, 3.8) is 0 Å². The van der Waals surface area contributed by atoms with Gasteiger partial charge in [0.15, 0.2) is 0 Å². The zero-order valence-electron chi connectivity index (χ0n) is 8.26. The molecule has 12 heavy (non-hydrogen) atoms. The fourth-order valence-corrected chi connectivity index (χ4v) is 1.27. The van der Waals surface area contributed by atoms with Crippen molar-refractivity contribution in [2.24, 2.45) is 5.84 Å². The van der Waals surface area contributed by atoms with Crippen molar-refractivity contribution in [2.75, 3.05) is 7.11 Å². The fourth-order valence-electron chi connectivity index (χ4n) is 1.27. The van der Waals surface area contributed by atoms with Crippen molar-refractivity contribution >= 4 is 0 Å². The van der Waals surface area contributed by atoms with Gasteiger partial charge in [0.1, 0.15) is 0 Å². The predicted molar refractivity (Wildman–Crippen MR) is 51.6 cm³/mol. The first-order valence-corrected chi connectivity index (χ1v) is 4.31. The highest BCUT2D eigenvalue weighted by Gasteiger charge is 2.19. The summed E-state index contributed by atoms with van der Waals surface area (Å²) in [4.78, 5) is 0. The minimum atomic E-state index is 0.0648. The van der Waals surface area contributed by atoms with Crippen LogP contribution < -0.4 is 11.3 Å². The van der Waals surface area contributed by atoms with Gasteiger partial charge in [-0.1, -0.05) is 25.5 Å². The quantitative estimate of drug-likeness (QED) is 0.359. The Morgan fingerprint density at radius 3 is 2.50 bits per heavy atom. The van der Waals surface area contributed by atoms with Gasteiger partial charge in [-0.2, -0.15) is 0 Å². The molecular weight excluding hydrogens is 152 g/mol. The number of ether oxygens (including phenoxy) is 1. The van der Waals surface area contributed by atoms with Crippen LogP contribution in [0.1, 0.15) is 26.7 Å². The normalized spacial score (nSPS) is 15.7. The first-order valence-electron chi connectivity index (χ1n) is 4.31. The van der Waals surface area contributed by atoms with Crippen LogP contribution in [0.15, 0.2) is 12.2 Å². The molecule has 0 heterocycles. The summed E-state index contributed by atoms with van der Waals surface area (Å²) in [6.45, 7) is 7.93. The monoisotopic (exact) mass is 172 g/mol. The Bertz CT molecular complexity index is 136. The number of hydrogen-bond acceptors (Lipinski definition) is 3. The molecule has 0 spiro atoms. The van der Waals surface area contributed by atoms with Crippen molar-refractivity contribution in [1.82, 2.24) is 5.43 Å². The van der Waals surface area contributed by atoms with Crippen molar-refractivity contribution in [3.05, 3.63) is 12.2 Å². The van der Waals surface area contributed by atoms with Crippen molar-refractivity contribution in [3.8, 4) is 0 Å². The van der Waals surface area contributed by atoms with E-state index in [4.69, 9.17) is 10.6 Å². The van der Waals surface area contributed by atoms with Crippen LogP contribution in [-0.4, -0.2) is 19.3 Å². The highest BCUT2D eigenvalue weighted by atomic mass is 16.5. The maximum Gasteiger partial charge on any atom is 0.0775 e. The van der Waals surface area contributed by atoms with Crippen molar-refractivity contribution in [2.45, 2.75) is 38.8 Å². The van der Waals surface area contributed by atoms with E-state index < -0.39 is 0 Å². The second-order valence-corrected chi connectivity index (χ2v) is 3.05. The smallest absolute Gasteiger partial charge is 0.0775 e. The molecule has 0 fully saturated rings. The third-order valence-electron chi connectivity index (χ3n) is 1.96. The van der Waals surface area contributed by atoms with E-state index in [0.29, 0.717) is 0 Å². The summed E-state index contributed by atoms with van der Waals surface area (Å²) in [5, 5.41) is 0. The summed E-state index contributed by atoms with van der Waals surface area (Å²) in [5.41, 5.74) is 3.72. The highest BCUT2D eigenvalue weighted by molar-refractivity contribution is 5.04. The molecule has 2 unspecified atom stereocenters. The van der Waals surface area contributed by atoms with E-state index in [1.807, 2.05) is 6.92 Å². The number of hydrogen-bond donors (Lipinski definition) is 2. The van der Waals surface area contributed by atoms with Gasteiger partial charge < -0.3 is 4.74 Å². The van der Waals surface area contributed by atoms with Crippen LogP contribution in [0.4, 0.5) is 0 Å². The molecule has 2 atom stereocenters. The van der Waals surface area contributed by atoms with E-state index in [1.54, 1.807) is 7.11 Å². The first-order chi connectivity index (χ1) is 5.67. The molecule has 0 aromatic rings. The highest BCUT2D eigenvalue weighted by Crippen LogP contribution is 2.11. The first kappa shape index (κ1) is 11.6. The Labute approximate surface area is 74.9 Å². The summed E-state index contributed by atoms with van der Waals surface area (Å²) in [6.07, 6.45) is 2.22. The zero-order valence-corrected chi connectivity index (χ0v) is 8.26. The maximum absolute atomic E-state index is 5.39. The van der Waals surface area contributed by atoms with Crippen LogP contribution >= 0.6 is 0 Å². The van der Waals surface area contributed by atoms with E-state index in [-0.39, 0.29) is 12.1 Å². The average Bonchev–Trinajstić information content (AvgIpc) is 2.03. The van der Waals surface area contributed by atoms with E-state index in [2.05, 4.69) is 18.9 Å². The summed E-state index contributed by atoms with van der Waals surface area (Å²) in [5.74, 6) is 5.39. The largest absolute Gasteiger partial charge is 0.379 e. The third kappa shape index (κ3) is 3.34. The molecule has 3 nitrogen and oxygen atoms in total. The lowest BCUT2D eigenvalue weighted by molar-refractivity contribution is 0.0714. The lowest BCUT2D eigenvalue weighted by atomic mass is 10.0. The topological polar surface area (TPSA) is 47.3 Å². The molecule has 0 aromatic heterocycles. The standard InChI is InChI=1S/C9H20N2O/c1-5-6-8(12-4)9(11-10)7(2)3/h8-9,11H,2,5-6,10H2,1,3-4H3. The molecule has 0 aliphatic carbocycles. The lowest BCUT2D eigenvalue weighted by Gasteiger charge is -2.25. The van der Waals surface area contributed by atoms with Gasteiger partial charge in [0, 0.05) is 7.11 Å². The van der Waals surface area contributed by atoms with Crippen LogP contribution in [0, 0.1) is 0 Å². The number of nitrogens with two attached hydrogens (primary N) is 1. The molecule has 0 radical (unpaired) electrons. The van der Waals surface area contributed by atoms with Gasteiger partial charge >= 0.3 is 0 Å². The molecular formula is C9H20N2O. The Morgan fingerprint density at radius 2 is 2.25 bits per heavy atom. The van der Waals surface area contributed by atoms with Crippen LogP contribution in [0.3, 0.4) is 0 Å². The second kappa shape index (κ2) is 6.17. The van der Waals surface area contributed by atoms with Gasteiger partial charge in [0.25, 0.3) is 0 Å². The molecule has 3 heteroatoms. The summed E-state index contributed by atoms with van der Waals surface area (Å²) in [7, 11) is 1.70. The Morgan fingerprint density at radius 1 is 1.67 bits per heavy atom. The number of methoxy groups -OCH3 is 1. The van der Waals surface area contributed by atoms with Gasteiger partial charge in [-0.25, -0.2) is 0 Å². The number of hydrazine groups is 1. The van der Waals surface area contributed by atoms with Crippen LogP contribution in [0.25, 0.3) is 0 Å². The molecule has 0 aliphatic rings. The predicted octanol–water partition coefficient (Wildman–Crippen LogP) is 1.21. The minimum absolute atomic E-state index is 0.0648. The van der Waals surface area contributed by atoms with E-state index >= 15 is 0 Å². The number of nitrogens with one attached hydrogen (secondary N) is 1. The zero-order chi connectivity index (χ0) is 9.56.